The first kappa shape index (κ1) is 17.1. The van der Waals surface area contributed by atoms with Crippen molar-refractivity contribution in [3.8, 4) is 0 Å². The molecule has 0 spiro atoms. The Bertz CT molecular complexity index is 1310. The molecule has 0 atom stereocenters. The van der Waals surface area contributed by atoms with Crippen LogP contribution in [0.25, 0.3) is 32.7 Å². The molecule has 4 aromatic carbocycles. The van der Waals surface area contributed by atoms with Crippen molar-refractivity contribution in [3.63, 3.8) is 0 Å². The van der Waals surface area contributed by atoms with Gasteiger partial charge in [-0.2, -0.15) is 0 Å². The average Bonchev–Trinajstić information content (AvgIpc) is 3.08. The number of anilines is 2. The van der Waals surface area contributed by atoms with E-state index in [-0.39, 0.29) is 0 Å². The van der Waals surface area contributed by atoms with Gasteiger partial charge in [0.25, 0.3) is 0 Å². The Morgan fingerprint density at radius 1 is 0.714 bits per heavy atom. The molecule has 0 aliphatic carbocycles. The summed E-state index contributed by atoms with van der Waals surface area (Å²) < 4.78 is 6.59. The topological polar surface area (TPSA) is 25.2 Å². The Kier molecular flexibility index (Phi) is 3.81. The molecule has 1 aromatic heterocycles. The predicted molar refractivity (Wildman–Crippen MR) is 124 cm³/mol. The lowest BCUT2D eigenvalue weighted by Gasteiger charge is -2.18. The van der Waals surface area contributed by atoms with Crippen LogP contribution < -0.4 is 10.5 Å². The summed E-state index contributed by atoms with van der Waals surface area (Å²) in [5.74, 6) is 0. The van der Waals surface area contributed by atoms with Gasteiger partial charge in [-0.05, 0) is 34.2 Å². The van der Waals surface area contributed by atoms with Gasteiger partial charge in [0.15, 0.2) is 5.58 Å². The second-order valence-corrected chi connectivity index (χ2v) is 13.4. The Hall–Kier alpha value is -3.04. The number of hydrogen-bond acceptors (Lipinski definition) is 2. The molecule has 5 rings (SSSR count). The minimum absolute atomic E-state index is 0.928. The first-order valence-electron chi connectivity index (χ1n) is 9.72. The van der Waals surface area contributed by atoms with Crippen LogP contribution >= 0.6 is 0 Å². The molecule has 1 N–H and O–H groups in total. The van der Waals surface area contributed by atoms with Crippen LogP contribution in [0.3, 0.4) is 0 Å². The molecular formula is C25H23NOSi. The van der Waals surface area contributed by atoms with Crippen molar-refractivity contribution in [3.05, 3.63) is 78.9 Å². The van der Waals surface area contributed by atoms with Gasteiger partial charge in [0, 0.05) is 16.5 Å². The van der Waals surface area contributed by atoms with Gasteiger partial charge in [0.05, 0.1) is 13.8 Å². The monoisotopic (exact) mass is 381 g/mol. The fourth-order valence-electron chi connectivity index (χ4n) is 3.98. The number of fused-ring (bicyclic) bond motifs is 5. The number of furan rings is 1. The first-order valence-corrected chi connectivity index (χ1v) is 13.2. The van der Waals surface area contributed by atoms with Gasteiger partial charge >= 0.3 is 0 Å². The maximum Gasteiger partial charge on any atom is 0.158 e. The third-order valence-corrected chi connectivity index (χ3v) is 7.34. The molecule has 1 heterocycles. The van der Waals surface area contributed by atoms with E-state index in [1.54, 1.807) is 0 Å². The molecule has 0 amide bonds. The summed E-state index contributed by atoms with van der Waals surface area (Å²) in [7, 11) is -1.58. The van der Waals surface area contributed by atoms with Crippen LogP contribution in [0.15, 0.2) is 83.3 Å². The van der Waals surface area contributed by atoms with E-state index >= 15 is 0 Å². The smallest absolute Gasteiger partial charge is 0.158 e. The van der Waals surface area contributed by atoms with E-state index in [4.69, 9.17) is 4.42 Å². The predicted octanol–water partition coefficient (Wildman–Crippen LogP) is 7.03. The molecule has 0 aliphatic rings. The van der Waals surface area contributed by atoms with E-state index in [1.807, 2.05) is 18.2 Å². The molecule has 0 radical (unpaired) electrons. The summed E-state index contributed by atoms with van der Waals surface area (Å²) >= 11 is 0. The lowest BCUT2D eigenvalue weighted by atomic mass is 10.0. The van der Waals surface area contributed by atoms with Crippen LogP contribution in [0.1, 0.15) is 0 Å². The summed E-state index contributed by atoms with van der Waals surface area (Å²) in [4.78, 5) is 0. The van der Waals surface area contributed by atoms with Gasteiger partial charge in [0.2, 0.25) is 0 Å². The molecule has 28 heavy (non-hydrogen) atoms. The molecule has 0 unspecified atom stereocenters. The fourth-order valence-corrected chi connectivity index (χ4v) is 5.43. The van der Waals surface area contributed by atoms with Crippen molar-refractivity contribution in [1.82, 2.24) is 0 Å². The van der Waals surface area contributed by atoms with E-state index < -0.39 is 8.07 Å². The van der Waals surface area contributed by atoms with Crippen molar-refractivity contribution in [1.29, 1.82) is 0 Å². The van der Waals surface area contributed by atoms with Crippen molar-refractivity contribution >= 4 is 57.3 Å². The largest absolute Gasteiger partial charge is 0.454 e. The zero-order valence-electron chi connectivity index (χ0n) is 16.4. The van der Waals surface area contributed by atoms with Crippen LogP contribution in [-0.2, 0) is 0 Å². The maximum atomic E-state index is 6.59. The zero-order chi connectivity index (χ0) is 19.3. The van der Waals surface area contributed by atoms with Crippen molar-refractivity contribution < 1.29 is 4.42 Å². The summed E-state index contributed by atoms with van der Waals surface area (Å²) in [5, 5.41) is 9.87. The second-order valence-electron chi connectivity index (χ2n) is 8.37. The van der Waals surface area contributed by atoms with Crippen molar-refractivity contribution in [2.24, 2.45) is 0 Å². The van der Waals surface area contributed by atoms with E-state index in [9.17, 15) is 0 Å². The Balaban J connectivity index is 1.87. The van der Waals surface area contributed by atoms with E-state index in [2.05, 4.69) is 85.6 Å². The molecule has 0 saturated heterocycles. The van der Waals surface area contributed by atoms with Crippen LogP contribution in [0, 0.1) is 0 Å². The molecule has 0 saturated carbocycles. The van der Waals surface area contributed by atoms with Gasteiger partial charge in [-0.1, -0.05) is 80.3 Å². The number of para-hydroxylation sites is 2. The molecule has 138 valence electrons. The SMILES string of the molecule is C[Si](C)(C)c1cc2ccccc2c2c1oc1c(Nc3ccccc3)cccc12. The quantitative estimate of drug-likeness (QED) is 0.339. The molecule has 5 aromatic rings. The molecule has 0 bridgehead atoms. The molecule has 2 nitrogen and oxygen atoms in total. The Labute approximate surface area is 165 Å². The Morgan fingerprint density at radius 3 is 2.21 bits per heavy atom. The highest BCUT2D eigenvalue weighted by molar-refractivity contribution is 6.90. The fraction of sp³-hybridized carbons (Fsp3) is 0.120. The lowest BCUT2D eigenvalue weighted by Crippen LogP contribution is -2.37. The third kappa shape index (κ3) is 2.71. The lowest BCUT2D eigenvalue weighted by molar-refractivity contribution is 0.672. The third-order valence-electron chi connectivity index (χ3n) is 5.35. The van der Waals surface area contributed by atoms with E-state index in [0.717, 1.165) is 22.5 Å². The molecular weight excluding hydrogens is 358 g/mol. The van der Waals surface area contributed by atoms with Crippen LogP contribution in [0.4, 0.5) is 11.4 Å². The van der Waals surface area contributed by atoms with Gasteiger partial charge in [-0.25, -0.2) is 0 Å². The number of benzene rings is 4. The summed E-state index contributed by atoms with van der Waals surface area (Å²) in [6.07, 6.45) is 0. The standard InChI is InChI=1S/C25H23NOSi/c1-28(2,3)22-16-17-10-7-8-13-19(17)23-20-14-9-15-21(24(20)27-25(22)23)26-18-11-5-4-6-12-18/h4-16,26H,1-3H3. The summed E-state index contributed by atoms with van der Waals surface area (Å²) in [5.41, 5.74) is 4.05. The average molecular weight is 382 g/mol. The normalized spacial score (nSPS) is 12.1. The van der Waals surface area contributed by atoms with Crippen LogP contribution in [0.2, 0.25) is 19.6 Å². The number of rotatable bonds is 3. The van der Waals surface area contributed by atoms with Crippen molar-refractivity contribution in [2.45, 2.75) is 19.6 Å². The van der Waals surface area contributed by atoms with Crippen LogP contribution in [-0.4, -0.2) is 8.07 Å². The van der Waals surface area contributed by atoms with Gasteiger partial charge in [0.1, 0.15) is 5.58 Å². The number of hydrogen-bond donors (Lipinski definition) is 1. The molecule has 0 aliphatic heterocycles. The highest BCUT2D eigenvalue weighted by atomic mass is 28.3. The Morgan fingerprint density at radius 2 is 1.43 bits per heavy atom. The van der Waals surface area contributed by atoms with Gasteiger partial charge < -0.3 is 9.73 Å². The maximum absolute atomic E-state index is 6.59. The second kappa shape index (κ2) is 6.25. The van der Waals surface area contributed by atoms with Crippen molar-refractivity contribution in [2.75, 3.05) is 5.32 Å². The molecule has 3 heteroatoms. The molecule has 0 fully saturated rings. The summed E-state index contributed by atoms with van der Waals surface area (Å²) in [6, 6.07) is 27.6. The van der Waals surface area contributed by atoms with Gasteiger partial charge in [-0.15, -0.1) is 0 Å². The summed E-state index contributed by atoms with van der Waals surface area (Å²) in [6.45, 7) is 7.15. The van der Waals surface area contributed by atoms with E-state index in [1.165, 1.54) is 26.7 Å². The highest BCUT2D eigenvalue weighted by Crippen LogP contribution is 2.38. The zero-order valence-corrected chi connectivity index (χ0v) is 17.4. The minimum atomic E-state index is -1.58. The van der Waals surface area contributed by atoms with E-state index in [0.29, 0.717) is 0 Å². The van der Waals surface area contributed by atoms with Gasteiger partial charge in [-0.3, -0.25) is 0 Å². The first-order chi connectivity index (χ1) is 13.5. The highest BCUT2D eigenvalue weighted by Gasteiger charge is 2.25. The van der Waals surface area contributed by atoms with Crippen LogP contribution in [0.5, 0.6) is 0 Å². The number of nitrogens with one attached hydrogen (secondary N) is 1. The minimum Gasteiger partial charge on any atom is -0.454 e.